The van der Waals surface area contributed by atoms with Crippen LogP contribution in [0, 0.1) is 5.82 Å². The highest BCUT2D eigenvalue weighted by atomic mass is 35.5. The Morgan fingerprint density at radius 3 is 2.71 bits per heavy atom. The van der Waals surface area contributed by atoms with E-state index >= 15 is 0 Å². The number of rotatable bonds is 9. The lowest BCUT2D eigenvalue weighted by molar-refractivity contribution is -0.137. The lowest BCUT2D eigenvalue weighted by atomic mass is 10.1. The van der Waals surface area contributed by atoms with Crippen LogP contribution in [0.4, 0.5) is 23.2 Å². The fourth-order valence-corrected chi connectivity index (χ4v) is 3.94. The predicted molar refractivity (Wildman–Crippen MR) is 121 cm³/mol. The van der Waals surface area contributed by atoms with Crippen LogP contribution in [-0.4, -0.2) is 26.4 Å². The Bertz CT molecular complexity index is 1190. The zero-order chi connectivity index (χ0) is 24.9. The molecule has 1 amide bonds. The number of alkyl halides is 3. The number of anilines is 1. The summed E-state index contributed by atoms with van der Waals surface area (Å²) < 4.78 is 60.1. The molecule has 0 radical (unpaired) electrons. The van der Waals surface area contributed by atoms with E-state index in [1.807, 2.05) is 0 Å². The minimum atomic E-state index is -4.60. The number of halogens is 5. The molecule has 1 aromatic heterocycles. The summed E-state index contributed by atoms with van der Waals surface area (Å²) in [5.41, 5.74) is -1.26. The lowest BCUT2D eigenvalue weighted by Crippen LogP contribution is -2.18. The van der Waals surface area contributed by atoms with E-state index < -0.39 is 29.6 Å². The second-order valence-electron chi connectivity index (χ2n) is 6.96. The van der Waals surface area contributed by atoms with Gasteiger partial charge in [-0.05, 0) is 37.3 Å². The van der Waals surface area contributed by atoms with Crippen LogP contribution in [0.5, 0.6) is 5.75 Å². The molecule has 0 aliphatic rings. The summed E-state index contributed by atoms with van der Waals surface area (Å²) in [4.78, 5) is 12.3. The van der Waals surface area contributed by atoms with Gasteiger partial charge in [-0.1, -0.05) is 41.6 Å². The van der Waals surface area contributed by atoms with Crippen molar-refractivity contribution in [2.75, 3.05) is 11.1 Å². The normalized spacial score (nSPS) is 12.3. The first-order valence-electron chi connectivity index (χ1n) is 9.84. The van der Waals surface area contributed by atoms with Crippen molar-refractivity contribution in [3.63, 3.8) is 0 Å². The minimum Gasteiger partial charge on any atom is -0.481 e. The number of benzene rings is 2. The third kappa shape index (κ3) is 6.29. The maximum Gasteiger partial charge on any atom is 0.418 e. The number of ether oxygens (including phenoxy) is 1. The Morgan fingerprint density at radius 1 is 1.29 bits per heavy atom. The highest BCUT2D eigenvalue weighted by molar-refractivity contribution is 7.99. The number of carbonyl (C=O) groups is 1. The average molecular weight is 515 g/mol. The Labute approximate surface area is 202 Å². The zero-order valence-electron chi connectivity index (χ0n) is 17.8. The zero-order valence-corrected chi connectivity index (χ0v) is 19.3. The molecule has 0 spiro atoms. The summed E-state index contributed by atoms with van der Waals surface area (Å²) >= 11 is 7.01. The van der Waals surface area contributed by atoms with Crippen LogP contribution in [0.3, 0.4) is 0 Å². The molecule has 1 N–H and O–H groups in total. The van der Waals surface area contributed by atoms with Crippen molar-refractivity contribution in [1.82, 2.24) is 14.8 Å². The molecule has 3 aromatic rings. The van der Waals surface area contributed by atoms with E-state index in [1.165, 1.54) is 30.3 Å². The van der Waals surface area contributed by atoms with Crippen molar-refractivity contribution in [3.8, 4) is 5.75 Å². The first-order chi connectivity index (χ1) is 16.1. The van der Waals surface area contributed by atoms with Crippen molar-refractivity contribution in [1.29, 1.82) is 0 Å². The third-order valence-corrected chi connectivity index (χ3v) is 5.72. The second kappa shape index (κ2) is 10.9. The first kappa shape index (κ1) is 25.6. The highest BCUT2D eigenvalue weighted by Crippen LogP contribution is 2.35. The standard InChI is InChI=1S/C22H19ClF4N4O2S/c1-3-10-31-20(13(2)33-18-9-8-14(24)11-16(18)23)29-30-21(31)34-12-19(32)28-17-7-5-4-6-15(17)22(25,26)27/h3-9,11,13H,1,10,12H2,2H3,(H,28,32). The van der Waals surface area contributed by atoms with Crippen LogP contribution >= 0.6 is 23.4 Å². The summed E-state index contributed by atoms with van der Waals surface area (Å²) in [6, 6.07) is 8.44. The number of nitrogens with one attached hydrogen (secondary N) is 1. The number of carbonyl (C=O) groups excluding carboxylic acids is 1. The number of thioether (sulfide) groups is 1. The maximum atomic E-state index is 13.3. The number of aromatic nitrogens is 3. The second-order valence-corrected chi connectivity index (χ2v) is 8.30. The van der Waals surface area contributed by atoms with Crippen LogP contribution in [0.15, 0.2) is 60.3 Å². The van der Waals surface area contributed by atoms with Crippen molar-refractivity contribution in [2.45, 2.75) is 30.9 Å². The molecule has 2 aromatic carbocycles. The van der Waals surface area contributed by atoms with Crippen molar-refractivity contribution >= 4 is 35.0 Å². The fourth-order valence-electron chi connectivity index (χ4n) is 2.98. The monoisotopic (exact) mass is 514 g/mol. The molecule has 0 bridgehead atoms. The number of hydrogen-bond donors (Lipinski definition) is 1. The fraction of sp³-hybridized carbons (Fsp3) is 0.227. The Kier molecular flexibility index (Phi) is 8.21. The summed E-state index contributed by atoms with van der Waals surface area (Å²) in [6.07, 6.45) is -3.65. The average Bonchev–Trinajstić information content (AvgIpc) is 3.17. The van der Waals surface area contributed by atoms with E-state index in [0.717, 1.165) is 23.9 Å². The molecule has 34 heavy (non-hydrogen) atoms. The molecular formula is C22H19ClF4N4O2S. The van der Waals surface area contributed by atoms with Crippen LogP contribution in [0.25, 0.3) is 0 Å². The first-order valence-corrected chi connectivity index (χ1v) is 11.2. The molecular weight excluding hydrogens is 496 g/mol. The Balaban J connectivity index is 1.71. The molecule has 3 rings (SSSR count). The van der Waals surface area contributed by atoms with Crippen LogP contribution < -0.4 is 10.1 Å². The SMILES string of the molecule is C=CCn1c(SCC(=O)Nc2ccccc2C(F)(F)F)nnc1C(C)Oc1ccc(F)cc1Cl. The summed E-state index contributed by atoms with van der Waals surface area (Å²) in [5, 5.41) is 10.9. The van der Waals surface area contributed by atoms with Gasteiger partial charge in [-0.25, -0.2) is 4.39 Å². The third-order valence-electron chi connectivity index (χ3n) is 4.46. The van der Waals surface area contributed by atoms with Gasteiger partial charge in [0, 0.05) is 6.54 Å². The topological polar surface area (TPSA) is 69.0 Å². The molecule has 0 aliphatic heterocycles. The van der Waals surface area contributed by atoms with Gasteiger partial charge in [0.1, 0.15) is 11.6 Å². The number of allylic oxidation sites excluding steroid dienone is 1. The van der Waals surface area contributed by atoms with Gasteiger partial charge in [0.25, 0.3) is 0 Å². The lowest BCUT2D eigenvalue weighted by Gasteiger charge is -2.16. The molecule has 12 heteroatoms. The predicted octanol–water partition coefficient (Wildman–Crippen LogP) is 6.15. The Morgan fingerprint density at radius 2 is 2.03 bits per heavy atom. The van der Waals surface area contributed by atoms with E-state index in [0.29, 0.717) is 11.0 Å². The van der Waals surface area contributed by atoms with Gasteiger partial charge in [-0.2, -0.15) is 13.2 Å². The van der Waals surface area contributed by atoms with Crippen LogP contribution in [0.1, 0.15) is 24.4 Å². The van der Waals surface area contributed by atoms with Gasteiger partial charge in [0.15, 0.2) is 17.1 Å². The van der Waals surface area contributed by atoms with Gasteiger partial charge in [-0.15, -0.1) is 16.8 Å². The number of nitrogens with zero attached hydrogens (tertiary/aromatic N) is 3. The molecule has 1 heterocycles. The van der Waals surface area contributed by atoms with E-state index in [2.05, 4.69) is 22.1 Å². The molecule has 180 valence electrons. The molecule has 1 atom stereocenters. The van der Waals surface area contributed by atoms with Crippen molar-refractivity contribution in [2.24, 2.45) is 0 Å². The molecule has 0 saturated carbocycles. The molecule has 6 nitrogen and oxygen atoms in total. The van der Waals surface area contributed by atoms with Crippen molar-refractivity contribution < 1.29 is 27.1 Å². The van der Waals surface area contributed by atoms with Gasteiger partial charge in [0.05, 0.1) is 22.0 Å². The van der Waals surface area contributed by atoms with Crippen LogP contribution in [-0.2, 0) is 17.5 Å². The summed E-state index contributed by atoms with van der Waals surface area (Å²) in [7, 11) is 0. The molecule has 0 fully saturated rings. The van der Waals surface area contributed by atoms with Gasteiger partial charge in [0.2, 0.25) is 5.91 Å². The van der Waals surface area contributed by atoms with E-state index in [9.17, 15) is 22.4 Å². The van der Waals surface area contributed by atoms with Crippen molar-refractivity contribution in [3.05, 3.63) is 77.3 Å². The van der Waals surface area contributed by atoms with Gasteiger partial charge in [-0.3, -0.25) is 9.36 Å². The quantitative estimate of drug-likeness (QED) is 0.211. The molecule has 0 aliphatic carbocycles. The largest absolute Gasteiger partial charge is 0.481 e. The van der Waals surface area contributed by atoms with Crippen LogP contribution in [0.2, 0.25) is 5.02 Å². The van der Waals surface area contributed by atoms with E-state index in [1.54, 1.807) is 17.6 Å². The molecule has 0 saturated heterocycles. The maximum absolute atomic E-state index is 13.3. The van der Waals surface area contributed by atoms with E-state index in [-0.39, 0.29) is 28.8 Å². The van der Waals surface area contributed by atoms with Gasteiger partial charge < -0.3 is 10.1 Å². The molecule has 1 unspecified atom stereocenters. The smallest absolute Gasteiger partial charge is 0.418 e. The number of hydrogen-bond acceptors (Lipinski definition) is 5. The summed E-state index contributed by atoms with van der Waals surface area (Å²) in [5.74, 6) is -0.708. The minimum absolute atomic E-state index is 0.0899. The Hall–Kier alpha value is -3.05. The number of para-hydroxylation sites is 1. The number of amides is 1. The highest BCUT2D eigenvalue weighted by Gasteiger charge is 2.33. The van der Waals surface area contributed by atoms with E-state index in [4.69, 9.17) is 16.3 Å². The van der Waals surface area contributed by atoms with Gasteiger partial charge >= 0.3 is 6.18 Å². The summed E-state index contributed by atoms with van der Waals surface area (Å²) in [6.45, 7) is 5.67.